The second-order valence-corrected chi connectivity index (χ2v) is 4.06. The molecule has 3 aromatic rings. The summed E-state index contributed by atoms with van der Waals surface area (Å²) in [6, 6.07) is 4.94. The minimum absolute atomic E-state index is 0.152. The summed E-state index contributed by atoms with van der Waals surface area (Å²) in [5.41, 5.74) is 5.88. The molecule has 2 aromatic heterocycles. The van der Waals surface area contributed by atoms with Gasteiger partial charge in [-0.15, -0.1) is 0 Å². The van der Waals surface area contributed by atoms with E-state index in [2.05, 4.69) is 10.2 Å². The number of nitrogens with zero attached hydrogens (tertiary/aromatic N) is 1. The summed E-state index contributed by atoms with van der Waals surface area (Å²) >= 11 is 0. The van der Waals surface area contributed by atoms with Crippen molar-refractivity contribution in [2.24, 2.45) is 0 Å². The van der Waals surface area contributed by atoms with Crippen LogP contribution in [0.3, 0.4) is 0 Å². The molecule has 0 atom stereocenters. The van der Waals surface area contributed by atoms with Gasteiger partial charge >= 0.3 is 6.18 Å². The Balaban J connectivity index is 2.14. The number of fused-ring (bicyclic) bond motifs is 1. The van der Waals surface area contributed by atoms with Crippen molar-refractivity contribution in [1.82, 2.24) is 10.2 Å². The van der Waals surface area contributed by atoms with Gasteiger partial charge < -0.3 is 10.2 Å². The Morgan fingerprint density at radius 2 is 2.00 bits per heavy atom. The highest BCUT2D eigenvalue weighted by Gasteiger charge is 2.31. The van der Waals surface area contributed by atoms with Crippen molar-refractivity contribution in [3.8, 4) is 11.5 Å². The lowest BCUT2D eigenvalue weighted by molar-refractivity contribution is -0.137. The average Bonchev–Trinajstić information content (AvgIpc) is 2.91. The number of rotatable bonds is 1. The highest BCUT2D eigenvalue weighted by atomic mass is 19.4. The van der Waals surface area contributed by atoms with Crippen LogP contribution < -0.4 is 5.73 Å². The van der Waals surface area contributed by atoms with E-state index in [-0.39, 0.29) is 5.58 Å². The van der Waals surface area contributed by atoms with Crippen LogP contribution in [0.2, 0.25) is 0 Å². The number of aromatic nitrogens is 2. The summed E-state index contributed by atoms with van der Waals surface area (Å²) in [4.78, 5) is 0. The highest BCUT2D eigenvalue weighted by Crippen LogP contribution is 2.34. The molecule has 0 saturated heterocycles. The second-order valence-electron chi connectivity index (χ2n) is 4.06. The Morgan fingerprint density at radius 3 is 2.63 bits per heavy atom. The molecular formula is C12H8F3N3O. The van der Waals surface area contributed by atoms with Gasteiger partial charge in [-0.1, -0.05) is 6.07 Å². The molecule has 2 heterocycles. The summed E-state index contributed by atoms with van der Waals surface area (Å²) in [5, 5.41) is 6.94. The van der Waals surface area contributed by atoms with Crippen LogP contribution in [0.4, 0.5) is 18.9 Å². The van der Waals surface area contributed by atoms with Crippen molar-refractivity contribution in [2.45, 2.75) is 6.18 Å². The topological polar surface area (TPSA) is 67.8 Å². The first kappa shape index (κ1) is 11.6. The molecule has 3 rings (SSSR count). The minimum atomic E-state index is -4.39. The Kier molecular flexibility index (Phi) is 2.31. The molecule has 0 spiro atoms. The number of hydrogen-bond acceptors (Lipinski definition) is 3. The van der Waals surface area contributed by atoms with Crippen LogP contribution >= 0.6 is 0 Å². The van der Waals surface area contributed by atoms with Gasteiger partial charge in [0.05, 0.1) is 17.4 Å². The molecule has 0 aliphatic rings. The number of nitrogens with two attached hydrogens (primary N) is 1. The lowest BCUT2D eigenvalue weighted by Gasteiger charge is -2.04. The molecule has 98 valence electrons. The summed E-state index contributed by atoms with van der Waals surface area (Å²) < 4.78 is 43.1. The maximum atomic E-state index is 12.6. The first-order valence-corrected chi connectivity index (χ1v) is 5.35. The molecular weight excluding hydrogens is 259 g/mol. The fraction of sp³-hybridized carbons (Fsp3) is 0.0833. The van der Waals surface area contributed by atoms with Crippen molar-refractivity contribution in [3.05, 3.63) is 36.0 Å². The third-order valence-electron chi connectivity index (χ3n) is 2.76. The van der Waals surface area contributed by atoms with Gasteiger partial charge in [0.1, 0.15) is 11.3 Å². The Morgan fingerprint density at radius 1 is 1.21 bits per heavy atom. The van der Waals surface area contributed by atoms with Gasteiger partial charge in [-0.2, -0.15) is 18.3 Å². The maximum Gasteiger partial charge on any atom is 0.416 e. The molecule has 0 saturated carbocycles. The predicted octanol–water partition coefficient (Wildman–Crippen LogP) is 3.42. The van der Waals surface area contributed by atoms with Gasteiger partial charge in [0.15, 0.2) is 5.76 Å². The third kappa shape index (κ3) is 1.92. The van der Waals surface area contributed by atoms with E-state index in [0.717, 1.165) is 12.1 Å². The fourth-order valence-electron chi connectivity index (χ4n) is 1.82. The van der Waals surface area contributed by atoms with Gasteiger partial charge in [-0.3, -0.25) is 5.10 Å². The summed E-state index contributed by atoms with van der Waals surface area (Å²) in [5.74, 6) is 0.351. The number of hydrogen-bond donors (Lipinski definition) is 2. The standard InChI is InChI=1S/C12H8F3N3O/c13-12(14,15)7-2-1-6-3-10(19-9(6)4-7)11-8(16)5-17-18-11/h1-5H,16H2,(H,17,18). The monoisotopic (exact) mass is 267 g/mol. The molecule has 1 aromatic carbocycles. The predicted molar refractivity (Wildman–Crippen MR) is 63.2 cm³/mol. The van der Waals surface area contributed by atoms with E-state index in [9.17, 15) is 13.2 Å². The number of alkyl halides is 3. The zero-order valence-electron chi connectivity index (χ0n) is 9.45. The molecule has 0 unspecified atom stereocenters. The number of furan rings is 1. The van der Waals surface area contributed by atoms with Crippen LogP contribution in [-0.4, -0.2) is 10.2 Å². The number of aromatic amines is 1. The molecule has 4 nitrogen and oxygen atoms in total. The molecule has 0 amide bonds. The summed E-state index contributed by atoms with van der Waals surface area (Å²) in [6.45, 7) is 0. The lowest BCUT2D eigenvalue weighted by Crippen LogP contribution is -2.03. The van der Waals surface area contributed by atoms with E-state index >= 15 is 0 Å². The Labute approximate surface area is 105 Å². The highest BCUT2D eigenvalue weighted by molar-refractivity contribution is 5.84. The lowest BCUT2D eigenvalue weighted by atomic mass is 10.1. The maximum absolute atomic E-state index is 12.6. The van der Waals surface area contributed by atoms with Crippen LogP contribution in [-0.2, 0) is 6.18 Å². The fourth-order valence-corrected chi connectivity index (χ4v) is 1.82. The SMILES string of the molecule is Nc1cn[nH]c1-c1cc2ccc(C(F)(F)F)cc2o1. The van der Waals surface area contributed by atoms with E-state index in [1.807, 2.05) is 0 Å². The number of halogens is 3. The second kappa shape index (κ2) is 3.78. The minimum Gasteiger partial charge on any atom is -0.454 e. The molecule has 0 radical (unpaired) electrons. The van der Waals surface area contributed by atoms with Crippen LogP contribution in [0.25, 0.3) is 22.4 Å². The van der Waals surface area contributed by atoms with Gasteiger partial charge in [-0.05, 0) is 18.2 Å². The first-order chi connectivity index (χ1) is 8.95. The molecule has 0 fully saturated rings. The smallest absolute Gasteiger partial charge is 0.416 e. The van der Waals surface area contributed by atoms with E-state index in [1.54, 1.807) is 6.07 Å². The Hall–Kier alpha value is -2.44. The van der Waals surface area contributed by atoms with Crippen molar-refractivity contribution in [1.29, 1.82) is 0 Å². The van der Waals surface area contributed by atoms with E-state index in [4.69, 9.17) is 10.2 Å². The molecule has 7 heteroatoms. The van der Waals surface area contributed by atoms with Gasteiger partial charge in [-0.25, -0.2) is 0 Å². The summed E-state index contributed by atoms with van der Waals surface area (Å²) in [6.07, 6.45) is -2.99. The molecule has 0 aliphatic carbocycles. The average molecular weight is 267 g/mol. The van der Waals surface area contributed by atoms with Crippen molar-refractivity contribution in [2.75, 3.05) is 5.73 Å². The molecule has 19 heavy (non-hydrogen) atoms. The van der Waals surface area contributed by atoms with E-state index in [1.165, 1.54) is 12.3 Å². The number of nitrogens with one attached hydrogen (secondary N) is 1. The number of benzene rings is 1. The zero-order chi connectivity index (χ0) is 13.6. The number of nitrogen functional groups attached to an aromatic ring is 1. The zero-order valence-corrected chi connectivity index (χ0v) is 9.45. The van der Waals surface area contributed by atoms with Gasteiger partial charge in [0.2, 0.25) is 0 Å². The normalized spacial score (nSPS) is 12.2. The Bertz CT molecular complexity index is 742. The summed E-state index contributed by atoms with van der Waals surface area (Å²) in [7, 11) is 0. The third-order valence-corrected chi connectivity index (χ3v) is 2.76. The number of H-pyrrole nitrogens is 1. The van der Waals surface area contributed by atoms with Crippen molar-refractivity contribution >= 4 is 16.7 Å². The number of anilines is 1. The van der Waals surface area contributed by atoms with Gasteiger partial charge in [0.25, 0.3) is 0 Å². The quantitative estimate of drug-likeness (QED) is 0.709. The van der Waals surface area contributed by atoms with Crippen LogP contribution in [0, 0.1) is 0 Å². The first-order valence-electron chi connectivity index (χ1n) is 5.35. The molecule has 0 aliphatic heterocycles. The van der Waals surface area contributed by atoms with E-state index < -0.39 is 11.7 Å². The van der Waals surface area contributed by atoms with Crippen LogP contribution in [0.1, 0.15) is 5.56 Å². The van der Waals surface area contributed by atoms with Crippen LogP contribution in [0.15, 0.2) is 34.9 Å². The van der Waals surface area contributed by atoms with Crippen molar-refractivity contribution in [3.63, 3.8) is 0 Å². The van der Waals surface area contributed by atoms with Crippen LogP contribution in [0.5, 0.6) is 0 Å². The molecule has 0 bridgehead atoms. The molecule has 3 N–H and O–H groups in total. The van der Waals surface area contributed by atoms with Crippen molar-refractivity contribution < 1.29 is 17.6 Å². The van der Waals surface area contributed by atoms with E-state index in [0.29, 0.717) is 22.5 Å². The largest absolute Gasteiger partial charge is 0.454 e. The van der Waals surface area contributed by atoms with Gasteiger partial charge in [0, 0.05) is 5.39 Å².